The van der Waals surface area contributed by atoms with Gasteiger partial charge in [0, 0.05) is 22.4 Å². The molecule has 90 valence electrons. The molecular weight excluding hydrogens is 240 g/mol. The van der Waals surface area contributed by atoms with Crippen LogP contribution < -0.4 is 5.32 Å². The van der Waals surface area contributed by atoms with Crippen LogP contribution in [-0.4, -0.2) is 0 Å². The zero-order chi connectivity index (χ0) is 12.4. The Bertz CT molecular complexity index is 534. The van der Waals surface area contributed by atoms with Gasteiger partial charge < -0.3 is 5.32 Å². The van der Waals surface area contributed by atoms with E-state index in [0.717, 1.165) is 11.6 Å². The first-order valence-corrected chi connectivity index (χ1v) is 6.13. The maximum Gasteiger partial charge on any atom is 0.149 e. The van der Waals surface area contributed by atoms with Gasteiger partial charge in [-0.05, 0) is 37.6 Å². The van der Waals surface area contributed by atoms with E-state index >= 15 is 0 Å². The number of hydrogen-bond acceptors (Lipinski definition) is 2. The number of aryl methyl sites for hydroxylation is 2. The van der Waals surface area contributed by atoms with Gasteiger partial charge in [-0.1, -0.05) is 0 Å². The van der Waals surface area contributed by atoms with Crippen molar-refractivity contribution in [2.24, 2.45) is 0 Å². The summed E-state index contributed by atoms with van der Waals surface area (Å²) < 4.78 is 26.1. The van der Waals surface area contributed by atoms with Gasteiger partial charge in [-0.3, -0.25) is 0 Å². The van der Waals surface area contributed by atoms with Crippen molar-refractivity contribution in [2.75, 3.05) is 5.32 Å². The van der Waals surface area contributed by atoms with Crippen LogP contribution >= 0.6 is 11.3 Å². The third kappa shape index (κ3) is 2.82. The summed E-state index contributed by atoms with van der Waals surface area (Å²) in [4.78, 5) is 2.45. The van der Waals surface area contributed by atoms with Crippen LogP contribution in [0.3, 0.4) is 0 Å². The molecule has 1 heterocycles. The van der Waals surface area contributed by atoms with Crippen LogP contribution in [0.15, 0.2) is 24.3 Å². The van der Waals surface area contributed by atoms with Gasteiger partial charge in [0.15, 0.2) is 0 Å². The Morgan fingerprint density at radius 3 is 2.53 bits per heavy atom. The van der Waals surface area contributed by atoms with E-state index in [0.29, 0.717) is 12.2 Å². The molecule has 0 aliphatic heterocycles. The van der Waals surface area contributed by atoms with Crippen molar-refractivity contribution in [3.05, 3.63) is 51.2 Å². The molecule has 0 aliphatic rings. The monoisotopic (exact) mass is 253 g/mol. The highest BCUT2D eigenvalue weighted by molar-refractivity contribution is 7.12. The third-order valence-electron chi connectivity index (χ3n) is 2.54. The maximum absolute atomic E-state index is 13.4. The minimum Gasteiger partial charge on any atom is -0.379 e. The summed E-state index contributed by atoms with van der Waals surface area (Å²) in [6.45, 7) is 4.63. The highest BCUT2D eigenvalue weighted by Gasteiger charge is 2.06. The van der Waals surface area contributed by atoms with Gasteiger partial charge in [0.05, 0.1) is 5.69 Å². The highest BCUT2D eigenvalue weighted by atomic mass is 32.1. The number of anilines is 1. The number of nitrogens with one attached hydrogen (secondary N) is 1. The molecule has 0 saturated heterocycles. The molecule has 0 aliphatic carbocycles. The minimum atomic E-state index is -0.561. The SMILES string of the molecule is Cc1cc(CNc2ccc(F)cc2F)c(C)s1. The molecule has 4 heteroatoms. The molecule has 1 aromatic heterocycles. The second-order valence-electron chi connectivity index (χ2n) is 3.92. The van der Waals surface area contributed by atoms with Crippen molar-refractivity contribution >= 4 is 17.0 Å². The summed E-state index contributed by atoms with van der Waals surface area (Å²) in [5, 5.41) is 2.98. The van der Waals surface area contributed by atoms with E-state index in [1.54, 1.807) is 11.3 Å². The Morgan fingerprint density at radius 2 is 1.94 bits per heavy atom. The van der Waals surface area contributed by atoms with E-state index in [1.807, 2.05) is 13.8 Å². The molecule has 0 fully saturated rings. The number of benzene rings is 1. The van der Waals surface area contributed by atoms with E-state index < -0.39 is 11.6 Å². The molecule has 0 bridgehead atoms. The maximum atomic E-state index is 13.4. The molecule has 1 N–H and O–H groups in total. The molecule has 2 aromatic rings. The number of rotatable bonds is 3. The van der Waals surface area contributed by atoms with Crippen molar-refractivity contribution < 1.29 is 8.78 Å². The van der Waals surface area contributed by atoms with Crippen molar-refractivity contribution in [2.45, 2.75) is 20.4 Å². The lowest BCUT2D eigenvalue weighted by Gasteiger charge is -2.07. The van der Waals surface area contributed by atoms with Crippen LogP contribution in [0.4, 0.5) is 14.5 Å². The van der Waals surface area contributed by atoms with Gasteiger partial charge in [0.25, 0.3) is 0 Å². The van der Waals surface area contributed by atoms with E-state index in [1.165, 1.54) is 21.9 Å². The normalized spacial score (nSPS) is 10.6. The van der Waals surface area contributed by atoms with Crippen molar-refractivity contribution in [1.82, 2.24) is 0 Å². The van der Waals surface area contributed by atoms with Crippen LogP contribution in [-0.2, 0) is 6.54 Å². The topological polar surface area (TPSA) is 12.0 Å². The summed E-state index contributed by atoms with van der Waals surface area (Å²) in [5.74, 6) is -1.12. The van der Waals surface area contributed by atoms with Gasteiger partial charge in [-0.2, -0.15) is 0 Å². The first kappa shape index (κ1) is 12.0. The van der Waals surface area contributed by atoms with Crippen LogP contribution in [0.25, 0.3) is 0 Å². The molecule has 17 heavy (non-hydrogen) atoms. The predicted molar refractivity (Wildman–Crippen MR) is 67.5 cm³/mol. The summed E-state index contributed by atoms with van der Waals surface area (Å²) in [6, 6.07) is 5.62. The number of thiophene rings is 1. The fourth-order valence-corrected chi connectivity index (χ4v) is 2.63. The zero-order valence-electron chi connectivity index (χ0n) is 9.68. The highest BCUT2D eigenvalue weighted by Crippen LogP contribution is 2.22. The molecule has 0 unspecified atom stereocenters. The van der Waals surface area contributed by atoms with Gasteiger partial charge >= 0.3 is 0 Å². The Hall–Kier alpha value is -1.42. The molecule has 0 radical (unpaired) electrons. The molecule has 0 saturated carbocycles. The fraction of sp³-hybridized carbons (Fsp3) is 0.231. The van der Waals surface area contributed by atoms with Gasteiger partial charge in [0.1, 0.15) is 11.6 Å². The largest absolute Gasteiger partial charge is 0.379 e. The van der Waals surface area contributed by atoms with Crippen LogP contribution in [0, 0.1) is 25.5 Å². The van der Waals surface area contributed by atoms with E-state index in [2.05, 4.69) is 11.4 Å². The first-order chi connectivity index (χ1) is 8.06. The molecule has 0 amide bonds. The smallest absolute Gasteiger partial charge is 0.149 e. The lowest BCUT2D eigenvalue weighted by atomic mass is 10.2. The molecule has 2 rings (SSSR count). The number of hydrogen-bond donors (Lipinski definition) is 1. The molecule has 1 aromatic carbocycles. The molecule has 0 spiro atoms. The summed E-state index contributed by atoms with van der Waals surface area (Å²) >= 11 is 1.72. The van der Waals surface area contributed by atoms with E-state index in [-0.39, 0.29) is 0 Å². The number of halogens is 2. The Kier molecular flexibility index (Phi) is 3.43. The predicted octanol–water partition coefficient (Wildman–Crippen LogP) is 4.26. The molecule has 0 atom stereocenters. The first-order valence-electron chi connectivity index (χ1n) is 5.31. The second-order valence-corrected chi connectivity index (χ2v) is 5.38. The average molecular weight is 253 g/mol. The summed E-state index contributed by atoms with van der Waals surface area (Å²) in [6.07, 6.45) is 0. The van der Waals surface area contributed by atoms with Crippen molar-refractivity contribution in [3.8, 4) is 0 Å². The lowest BCUT2D eigenvalue weighted by molar-refractivity contribution is 0.585. The Balaban J connectivity index is 2.10. The van der Waals surface area contributed by atoms with Crippen LogP contribution in [0.2, 0.25) is 0 Å². The second kappa shape index (κ2) is 4.84. The average Bonchev–Trinajstić information content (AvgIpc) is 2.56. The van der Waals surface area contributed by atoms with Crippen molar-refractivity contribution in [3.63, 3.8) is 0 Å². The van der Waals surface area contributed by atoms with Crippen molar-refractivity contribution in [1.29, 1.82) is 0 Å². The Labute approximate surface area is 103 Å². The fourth-order valence-electron chi connectivity index (χ4n) is 1.68. The zero-order valence-corrected chi connectivity index (χ0v) is 10.5. The van der Waals surface area contributed by atoms with Gasteiger partial charge in [-0.25, -0.2) is 8.78 Å². The Morgan fingerprint density at radius 1 is 1.18 bits per heavy atom. The van der Waals surface area contributed by atoms with Crippen LogP contribution in [0.5, 0.6) is 0 Å². The van der Waals surface area contributed by atoms with Gasteiger partial charge in [0.2, 0.25) is 0 Å². The van der Waals surface area contributed by atoms with Crippen LogP contribution in [0.1, 0.15) is 15.3 Å². The quantitative estimate of drug-likeness (QED) is 0.862. The summed E-state index contributed by atoms with van der Waals surface area (Å²) in [5.41, 5.74) is 1.48. The van der Waals surface area contributed by atoms with E-state index in [9.17, 15) is 8.78 Å². The standard InChI is InChI=1S/C13H13F2NS/c1-8-5-10(9(2)17-8)7-16-13-4-3-11(14)6-12(13)15/h3-6,16H,7H2,1-2H3. The minimum absolute atomic E-state index is 0.328. The molecular formula is C13H13F2NS. The van der Waals surface area contributed by atoms with Gasteiger partial charge in [-0.15, -0.1) is 11.3 Å². The summed E-state index contributed by atoms with van der Waals surface area (Å²) in [7, 11) is 0. The lowest BCUT2D eigenvalue weighted by Crippen LogP contribution is -2.01. The molecule has 1 nitrogen and oxygen atoms in total. The van der Waals surface area contributed by atoms with E-state index in [4.69, 9.17) is 0 Å². The third-order valence-corrected chi connectivity index (χ3v) is 3.55.